The number of hydrogen-bond donors (Lipinski definition) is 1. The molecule has 1 atom stereocenters. The number of fused-ring (bicyclic) bond motifs is 1. The number of benzene rings is 2. The Hall–Kier alpha value is -3.37. The molecule has 36 heavy (non-hydrogen) atoms. The van der Waals surface area contributed by atoms with E-state index in [0.717, 1.165) is 32.5 Å². The van der Waals surface area contributed by atoms with Gasteiger partial charge in [0.05, 0.1) is 31.5 Å². The van der Waals surface area contributed by atoms with Gasteiger partial charge in [-0.2, -0.15) is 0 Å². The fraction of sp³-hybridized carbons (Fsp3) is 0.400. The average molecular weight is 516 g/mol. The van der Waals surface area contributed by atoms with Gasteiger partial charge >= 0.3 is 6.09 Å². The van der Waals surface area contributed by atoms with Crippen molar-refractivity contribution in [1.82, 2.24) is 19.8 Å². The molecule has 5 rings (SSSR count). The molecule has 190 valence electrons. The summed E-state index contributed by atoms with van der Waals surface area (Å²) in [5.74, 6) is 1.06. The van der Waals surface area contributed by atoms with E-state index in [0.29, 0.717) is 46.4 Å². The molecule has 1 unspecified atom stereocenters. The summed E-state index contributed by atoms with van der Waals surface area (Å²) < 4.78 is 31.5. The summed E-state index contributed by atoms with van der Waals surface area (Å²) in [6, 6.07) is 7.83. The first-order valence-corrected chi connectivity index (χ1v) is 12.1. The Morgan fingerprint density at radius 2 is 2.08 bits per heavy atom. The summed E-state index contributed by atoms with van der Waals surface area (Å²) in [5, 5.41) is 4.06. The van der Waals surface area contributed by atoms with Gasteiger partial charge in [0.15, 0.2) is 11.5 Å². The normalized spacial score (nSPS) is 19.8. The van der Waals surface area contributed by atoms with Crippen molar-refractivity contribution in [3.8, 4) is 11.5 Å². The van der Waals surface area contributed by atoms with E-state index in [1.807, 2.05) is 0 Å². The highest BCUT2D eigenvalue weighted by Gasteiger charge is 2.48. The number of rotatable bonds is 8. The second-order valence-electron chi connectivity index (χ2n) is 9.13. The number of nitrogens with zero attached hydrogens (tertiary/aromatic N) is 4. The van der Waals surface area contributed by atoms with Gasteiger partial charge in [-0.3, -0.25) is 4.90 Å². The smallest absolute Gasteiger partial charge is 0.410 e. The molecule has 0 radical (unpaired) electrons. The number of anilines is 2. The van der Waals surface area contributed by atoms with Gasteiger partial charge in [0.1, 0.15) is 23.6 Å². The van der Waals surface area contributed by atoms with Crippen LogP contribution in [0.15, 0.2) is 36.7 Å². The van der Waals surface area contributed by atoms with Crippen LogP contribution in [0.1, 0.15) is 12.8 Å². The molecule has 9 nitrogen and oxygen atoms in total. The van der Waals surface area contributed by atoms with Crippen LogP contribution in [-0.2, 0) is 4.74 Å². The van der Waals surface area contributed by atoms with E-state index in [1.165, 1.54) is 24.5 Å². The summed E-state index contributed by atoms with van der Waals surface area (Å²) in [7, 11) is 3.33. The minimum Gasteiger partial charge on any atom is -0.493 e. The van der Waals surface area contributed by atoms with Gasteiger partial charge in [0.2, 0.25) is 0 Å². The Balaban J connectivity index is 1.25. The van der Waals surface area contributed by atoms with Gasteiger partial charge in [0.25, 0.3) is 0 Å². The molecule has 0 bridgehead atoms. The van der Waals surface area contributed by atoms with Gasteiger partial charge in [-0.05, 0) is 30.7 Å². The highest BCUT2D eigenvalue weighted by molar-refractivity contribution is 6.30. The van der Waals surface area contributed by atoms with Crippen molar-refractivity contribution >= 4 is 40.1 Å². The number of methoxy groups -OCH3 is 1. The van der Waals surface area contributed by atoms with Gasteiger partial charge in [0, 0.05) is 49.6 Å². The largest absolute Gasteiger partial charge is 0.493 e. The first-order chi connectivity index (χ1) is 17.4. The maximum Gasteiger partial charge on any atom is 0.410 e. The topological polar surface area (TPSA) is 89.1 Å². The number of hydrogen-bond acceptors (Lipinski definition) is 8. The van der Waals surface area contributed by atoms with Gasteiger partial charge in [-0.1, -0.05) is 11.6 Å². The number of carbonyl (C=O) groups excluding carboxylic acids is 1. The van der Waals surface area contributed by atoms with Crippen LogP contribution < -0.4 is 14.8 Å². The van der Waals surface area contributed by atoms with Crippen LogP contribution >= 0.6 is 11.6 Å². The number of carbonyl (C=O) groups is 1. The van der Waals surface area contributed by atoms with Crippen molar-refractivity contribution in [3.63, 3.8) is 0 Å². The molecule has 3 aromatic rings. The van der Waals surface area contributed by atoms with E-state index < -0.39 is 5.82 Å². The Bertz CT molecular complexity index is 1290. The molecule has 2 aliphatic rings. The van der Waals surface area contributed by atoms with Crippen LogP contribution in [0.25, 0.3) is 10.9 Å². The Kier molecular flexibility index (Phi) is 6.72. The average Bonchev–Trinajstić information content (AvgIpc) is 3.38. The lowest BCUT2D eigenvalue weighted by Gasteiger charge is -2.21. The van der Waals surface area contributed by atoms with Crippen LogP contribution in [0, 0.1) is 5.82 Å². The lowest BCUT2D eigenvalue weighted by atomic mass is 10.0. The molecule has 2 fully saturated rings. The minimum absolute atomic E-state index is 0.211. The van der Waals surface area contributed by atoms with Crippen LogP contribution in [-0.4, -0.2) is 78.4 Å². The molecule has 2 aliphatic heterocycles. The number of likely N-dealkylation sites (tertiary alicyclic amines) is 1. The number of amides is 1. The van der Waals surface area contributed by atoms with E-state index in [4.69, 9.17) is 25.8 Å². The van der Waals surface area contributed by atoms with Crippen LogP contribution in [0.4, 0.5) is 20.7 Å². The number of likely N-dealkylation sites (N-methyl/N-ethyl adjacent to an activating group) is 1. The SMILES string of the molecule is COc1cc2ncnc(Nc3cc(Cl)ccc3F)c2cc1OCCCN1CCC2(C1)CN(C)C(=O)O2. The fourth-order valence-electron chi connectivity index (χ4n) is 4.75. The predicted octanol–water partition coefficient (Wildman–Crippen LogP) is 4.47. The summed E-state index contributed by atoms with van der Waals surface area (Å²) in [6.07, 6.45) is 2.77. The first kappa shape index (κ1) is 24.3. The number of aromatic nitrogens is 2. The van der Waals surface area contributed by atoms with E-state index in [-0.39, 0.29) is 17.4 Å². The summed E-state index contributed by atoms with van der Waals surface area (Å²) in [6.45, 7) is 3.53. The molecule has 0 aliphatic carbocycles. The van der Waals surface area contributed by atoms with E-state index in [1.54, 1.807) is 31.2 Å². The molecule has 1 spiro atoms. The van der Waals surface area contributed by atoms with Crippen molar-refractivity contribution < 1.29 is 23.4 Å². The Morgan fingerprint density at radius 3 is 2.86 bits per heavy atom. The zero-order chi connectivity index (χ0) is 25.3. The molecule has 2 aromatic carbocycles. The third-order valence-electron chi connectivity index (χ3n) is 6.51. The molecular formula is C25H27ClFN5O4. The quantitative estimate of drug-likeness (QED) is 0.440. The molecule has 3 heterocycles. The second kappa shape index (κ2) is 9.94. The molecule has 1 N–H and O–H groups in total. The van der Waals surface area contributed by atoms with Crippen molar-refractivity contribution in [2.24, 2.45) is 0 Å². The Morgan fingerprint density at radius 1 is 1.22 bits per heavy atom. The lowest BCUT2D eigenvalue weighted by Crippen LogP contribution is -2.37. The van der Waals surface area contributed by atoms with Gasteiger partial charge < -0.3 is 24.4 Å². The molecule has 2 saturated heterocycles. The minimum atomic E-state index is -0.446. The number of ether oxygens (including phenoxy) is 3. The van der Waals surface area contributed by atoms with Gasteiger partial charge in [-0.15, -0.1) is 0 Å². The number of halogens is 2. The molecule has 0 saturated carbocycles. The van der Waals surface area contributed by atoms with Crippen LogP contribution in [0.5, 0.6) is 11.5 Å². The van der Waals surface area contributed by atoms with E-state index in [9.17, 15) is 9.18 Å². The fourth-order valence-corrected chi connectivity index (χ4v) is 4.92. The Labute approximate surface area is 213 Å². The van der Waals surface area contributed by atoms with E-state index in [2.05, 4.69) is 20.2 Å². The van der Waals surface area contributed by atoms with E-state index >= 15 is 0 Å². The first-order valence-electron chi connectivity index (χ1n) is 11.7. The summed E-state index contributed by atoms with van der Waals surface area (Å²) in [5.41, 5.74) is 0.445. The van der Waals surface area contributed by atoms with Crippen molar-refractivity contribution in [1.29, 1.82) is 0 Å². The molecular weight excluding hydrogens is 489 g/mol. The summed E-state index contributed by atoms with van der Waals surface area (Å²) in [4.78, 5) is 24.3. The van der Waals surface area contributed by atoms with Crippen molar-refractivity contribution in [2.75, 3.05) is 52.3 Å². The zero-order valence-electron chi connectivity index (χ0n) is 20.1. The number of nitrogens with one attached hydrogen (secondary N) is 1. The molecule has 1 amide bonds. The van der Waals surface area contributed by atoms with Crippen LogP contribution in [0.2, 0.25) is 5.02 Å². The second-order valence-corrected chi connectivity index (χ2v) is 9.56. The third-order valence-corrected chi connectivity index (χ3v) is 6.75. The summed E-state index contributed by atoms with van der Waals surface area (Å²) >= 11 is 6.03. The zero-order valence-corrected chi connectivity index (χ0v) is 20.8. The van der Waals surface area contributed by atoms with Crippen LogP contribution in [0.3, 0.4) is 0 Å². The third kappa shape index (κ3) is 4.96. The highest BCUT2D eigenvalue weighted by Crippen LogP contribution is 2.36. The maximum atomic E-state index is 14.3. The predicted molar refractivity (Wildman–Crippen MR) is 134 cm³/mol. The monoisotopic (exact) mass is 515 g/mol. The van der Waals surface area contributed by atoms with Crippen molar-refractivity contribution in [2.45, 2.75) is 18.4 Å². The van der Waals surface area contributed by atoms with Gasteiger partial charge in [-0.25, -0.2) is 19.2 Å². The standard InChI is InChI=1S/C25H27ClFN5O4/c1-31-13-25(36-24(31)33)6-8-32(14-25)7-3-9-35-22-11-17-19(12-21(22)34-2)28-15-29-23(17)30-20-10-16(26)4-5-18(20)27/h4-5,10-12,15H,3,6-9,13-14H2,1-2H3,(H,28,29,30). The maximum absolute atomic E-state index is 14.3. The van der Waals surface area contributed by atoms with Crippen molar-refractivity contribution in [3.05, 3.63) is 47.5 Å². The lowest BCUT2D eigenvalue weighted by molar-refractivity contribution is 0.0629. The molecule has 1 aromatic heterocycles. The molecule has 11 heteroatoms. The highest BCUT2D eigenvalue weighted by atomic mass is 35.5.